The molecule has 1 aliphatic rings. The molecule has 5 heteroatoms. The first-order chi connectivity index (χ1) is 13.1. The van der Waals surface area contributed by atoms with E-state index >= 15 is 0 Å². The topological polar surface area (TPSA) is 44.8 Å². The van der Waals surface area contributed by atoms with Gasteiger partial charge in [-0.15, -0.1) is 0 Å². The molecule has 1 amide bonds. The van der Waals surface area contributed by atoms with E-state index < -0.39 is 0 Å². The third-order valence-corrected chi connectivity index (χ3v) is 5.01. The quantitative estimate of drug-likeness (QED) is 0.816. The van der Waals surface area contributed by atoms with Crippen LogP contribution in [0.5, 0.6) is 5.75 Å². The van der Waals surface area contributed by atoms with E-state index in [0.29, 0.717) is 17.9 Å². The van der Waals surface area contributed by atoms with Crippen LogP contribution in [0.2, 0.25) is 0 Å². The van der Waals surface area contributed by atoms with E-state index in [9.17, 15) is 4.79 Å². The number of hydrazine groups is 1. The summed E-state index contributed by atoms with van der Waals surface area (Å²) in [5.74, 6) is 0.595. The number of hydrogen-bond donors (Lipinski definition) is 1. The second-order valence-electron chi connectivity index (χ2n) is 6.91. The smallest absolute Gasteiger partial charge is 0.255 e. The number of rotatable bonds is 7. The molecule has 1 fully saturated rings. The van der Waals surface area contributed by atoms with Crippen molar-refractivity contribution in [3.63, 3.8) is 0 Å². The van der Waals surface area contributed by atoms with Crippen molar-refractivity contribution in [2.24, 2.45) is 0 Å². The standard InChI is InChI=1S/C22H29N3O2/c1-4-24-14-19(15-25(24)5-2)23-22(26)20-13-9-10-17(3)21(20)27-16-18-11-7-6-8-12-18/h6-13,19H,4-5,14-16H2,1-3H3,(H,23,26). The largest absolute Gasteiger partial charge is 0.488 e. The average molecular weight is 367 g/mol. The summed E-state index contributed by atoms with van der Waals surface area (Å²) in [4.78, 5) is 12.9. The molecule has 0 saturated carbocycles. The Morgan fingerprint density at radius 2 is 1.70 bits per heavy atom. The molecule has 2 aromatic rings. The van der Waals surface area contributed by atoms with Crippen molar-refractivity contribution < 1.29 is 9.53 Å². The van der Waals surface area contributed by atoms with Crippen molar-refractivity contribution in [3.8, 4) is 5.75 Å². The normalized spacial score (nSPS) is 15.8. The summed E-state index contributed by atoms with van der Waals surface area (Å²) in [5, 5.41) is 7.76. The zero-order chi connectivity index (χ0) is 19.2. The summed E-state index contributed by atoms with van der Waals surface area (Å²) in [7, 11) is 0. The third-order valence-electron chi connectivity index (χ3n) is 5.01. The SMILES string of the molecule is CCN1CC(NC(=O)c2cccc(C)c2OCc2ccccc2)CN1CC. The number of carbonyl (C=O) groups excluding carboxylic acids is 1. The molecule has 0 atom stereocenters. The maximum Gasteiger partial charge on any atom is 0.255 e. The summed E-state index contributed by atoms with van der Waals surface area (Å²) in [5.41, 5.74) is 2.65. The van der Waals surface area contributed by atoms with E-state index in [1.165, 1.54) is 0 Å². The minimum Gasteiger partial charge on any atom is -0.488 e. The van der Waals surface area contributed by atoms with Crippen LogP contribution in [0.25, 0.3) is 0 Å². The monoisotopic (exact) mass is 367 g/mol. The van der Waals surface area contributed by atoms with Gasteiger partial charge in [0.25, 0.3) is 5.91 Å². The van der Waals surface area contributed by atoms with Gasteiger partial charge in [-0.3, -0.25) is 4.79 Å². The molecular formula is C22H29N3O2. The van der Waals surface area contributed by atoms with E-state index in [1.54, 1.807) is 0 Å². The van der Waals surface area contributed by atoms with Crippen molar-refractivity contribution >= 4 is 5.91 Å². The molecule has 0 unspecified atom stereocenters. The molecule has 0 spiro atoms. The lowest BCUT2D eigenvalue weighted by atomic mass is 10.1. The van der Waals surface area contributed by atoms with Crippen LogP contribution in [0.3, 0.4) is 0 Å². The number of ether oxygens (including phenoxy) is 1. The molecule has 0 bridgehead atoms. The fourth-order valence-electron chi connectivity index (χ4n) is 3.56. The Kier molecular flexibility index (Phi) is 6.48. The number of likely N-dealkylation sites (N-methyl/N-ethyl adjacent to an activating group) is 2. The van der Waals surface area contributed by atoms with Crippen molar-refractivity contribution in [2.45, 2.75) is 33.4 Å². The summed E-state index contributed by atoms with van der Waals surface area (Å²) in [6.45, 7) is 10.3. The molecule has 3 rings (SSSR count). The summed E-state index contributed by atoms with van der Waals surface area (Å²) < 4.78 is 6.04. The van der Waals surface area contributed by atoms with Crippen molar-refractivity contribution in [1.82, 2.24) is 15.3 Å². The van der Waals surface area contributed by atoms with Crippen LogP contribution < -0.4 is 10.1 Å². The number of hydrogen-bond acceptors (Lipinski definition) is 4. The Balaban J connectivity index is 1.70. The maximum atomic E-state index is 12.9. The molecule has 0 radical (unpaired) electrons. The van der Waals surface area contributed by atoms with Crippen molar-refractivity contribution in [2.75, 3.05) is 26.2 Å². The molecule has 5 nitrogen and oxygen atoms in total. The highest BCUT2D eigenvalue weighted by molar-refractivity contribution is 5.97. The fourth-order valence-corrected chi connectivity index (χ4v) is 3.56. The van der Waals surface area contributed by atoms with Gasteiger partial charge in [0.15, 0.2) is 0 Å². The molecule has 2 aromatic carbocycles. The van der Waals surface area contributed by atoms with Gasteiger partial charge in [0, 0.05) is 26.2 Å². The lowest BCUT2D eigenvalue weighted by Crippen LogP contribution is -2.38. The van der Waals surface area contributed by atoms with E-state index in [2.05, 4.69) is 29.2 Å². The van der Waals surface area contributed by atoms with Gasteiger partial charge in [-0.2, -0.15) is 0 Å². The van der Waals surface area contributed by atoms with Crippen LogP contribution in [0.4, 0.5) is 0 Å². The number of benzene rings is 2. The van der Waals surface area contributed by atoms with Gasteiger partial charge in [0.05, 0.1) is 11.6 Å². The van der Waals surface area contributed by atoms with Crippen LogP contribution in [0.15, 0.2) is 48.5 Å². The van der Waals surface area contributed by atoms with Gasteiger partial charge in [-0.1, -0.05) is 56.3 Å². The molecule has 0 aromatic heterocycles. The van der Waals surface area contributed by atoms with Crippen LogP contribution in [0.1, 0.15) is 35.3 Å². The third kappa shape index (κ3) is 4.67. The second-order valence-corrected chi connectivity index (χ2v) is 6.91. The second kappa shape index (κ2) is 9.02. The minimum absolute atomic E-state index is 0.0687. The lowest BCUT2D eigenvalue weighted by Gasteiger charge is -2.24. The van der Waals surface area contributed by atoms with Crippen LogP contribution in [0, 0.1) is 6.92 Å². The van der Waals surface area contributed by atoms with E-state index in [1.807, 2.05) is 55.5 Å². The van der Waals surface area contributed by atoms with Crippen molar-refractivity contribution in [3.05, 3.63) is 65.2 Å². The van der Waals surface area contributed by atoms with E-state index in [0.717, 1.165) is 37.3 Å². The Labute approximate surface area is 161 Å². The van der Waals surface area contributed by atoms with Gasteiger partial charge in [0.1, 0.15) is 12.4 Å². The lowest BCUT2D eigenvalue weighted by molar-refractivity contribution is 0.0388. The minimum atomic E-state index is -0.0687. The number of carbonyl (C=O) groups is 1. The van der Waals surface area contributed by atoms with Gasteiger partial charge in [-0.05, 0) is 24.1 Å². The predicted molar refractivity (Wildman–Crippen MR) is 108 cm³/mol. The van der Waals surface area contributed by atoms with Crippen LogP contribution in [-0.4, -0.2) is 48.1 Å². The van der Waals surface area contributed by atoms with Crippen molar-refractivity contribution in [1.29, 1.82) is 0 Å². The number of nitrogens with one attached hydrogen (secondary N) is 1. The van der Waals surface area contributed by atoms with E-state index in [-0.39, 0.29) is 11.9 Å². The zero-order valence-electron chi connectivity index (χ0n) is 16.4. The number of nitrogens with zero attached hydrogens (tertiary/aromatic N) is 2. The average Bonchev–Trinajstić information content (AvgIpc) is 3.09. The maximum absolute atomic E-state index is 12.9. The Morgan fingerprint density at radius 3 is 2.33 bits per heavy atom. The highest BCUT2D eigenvalue weighted by Gasteiger charge is 2.29. The first-order valence-electron chi connectivity index (χ1n) is 9.69. The number of amides is 1. The summed E-state index contributed by atoms with van der Waals surface area (Å²) >= 11 is 0. The Bertz CT molecular complexity index is 751. The first kappa shape index (κ1) is 19.4. The first-order valence-corrected chi connectivity index (χ1v) is 9.69. The number of aryl methyl sites for hydroxylation is 1. The van der Waals surface area contributed by atoms with Crippen LogP contribution >= 0.6 is 0 Å². The molecular weight excluding hydrogens is 338 g/mol. The van der Waals surface area contributed by atoms with Gasteiger partial charge in [-0.25, -0.2) is 10.0 Å². The molecule has 1 aliphatic heterocycles. The van der Waals surface area contributed by atoms with Gasteiger partial charge >= 0.3 is 0 Å². The Morgan fingerprint density at radius 1 is 1.04 bits per heavy atom. The molecule has 1 heterocycles. The summed E-state index contributed by atoms with van der Waals surface area (Å²) in [6.07, 6.45) is 0. The summed E-state index contributed by atoms with van der Waals surface area (Å²) in [6, 6.07) is 15.9. The highest BCUT2D eigenvalue weighted by atomic mass is 16.5. The molecule has 144 valence electrons. The van der Waals surface area contributed by atoms with Gasteiger partial charge < -0.3 is 10.1 Å². The molecule has 1 N–H and O–H groups in total. The molecule has 27 heavy (non-hydrogen) atoms. The van der Waals surface area contributed by atoms with E-state index in [4.69, 9.17) is 4.74 Å². The molecule has 0 aliphatic carbocycles. The van der Waals surface area contributed by atoms with Crippen LogP contribution in [-0.2, 0) is 6.61 Å². The van der Waals surface area contributed by atoms with Gasteiger partial charge in [0.2, 0.25) is 0 Å². The highest BCUT2D eigenvalue weighted by Crippen LogP contribution is 2.25. The fraction of sp³-hybridized carbons (Fsp3) is 0.409. The zero-order valence-corrected chi connectivity index (χ0v) is 16.4. The molecule has 1 saturated heterocycles. The number of para-hydroxylation sites is 1. The Hall–Kier alpha value is -2.37. The predicted octanol–water partition coefficient (Wildman–Crippen LogP) is 3.24.